The maximum Gasteiger partial charge on any atom is 0.275 e. The molecule has 1 aromatic heterocycles. The summed E-state index contributed by atoms with van der Waals surface area (Å²) in [5.74, 6) is 1.16. The van der Waals surface area contributed by atoms with Crippen LogP contribution < -0.4 is 15.0 Å². The smallest absolute Gasteiger partial charge is 0.275 e. The minimum atomic E-state index is -0.260. The molecule has 0 spiro atoms. The molecule has 1 N–H and O–H groups in total. The van der Waals surface area contributed by atoms with Crippen LogP contribution in [0.15, 0.2) is 45.7 Å². The van der Waals surface area contributed by atoms with E-state index in [4.69, 9.17) is 9.47 Å². The predicted octanol–water partition coefficient (Wildman–Crippen LogP) is 3.08. The van der Waals surface area contributed by atoms with Gasteiger partial charge >= 0.3 is 0 Å². The number of H-pyrrole nitrogens is 1. The van der Waals surface area contributed by atoms with E-state index in [1.54, 1.807) is 12.1 Å². The highest BCUT2D eigenvalue weighted by Crippen LogP contribution is 2.37. The Labute approximate surface area is 127 Å². The first-order valence-electron chi connectivity index (χ1n) is 6.31. The fourth-order valence-corrected chi connectivity index (χ4v) is 2.75. The van der Waals surface area contributed by atoms with Crippen LogP contribution in [0.4, 0.5) is 0 Å². The average Bonchev–Trinajstić information content (AvgIpc) is 2.95. The standard InChI is InChI=1S/C15H9BrN2O3/c16-9-3-1-2-8(6-9)12-15(19)18-13-10(17-12)4-5-11-14(13)21-7-20-11/h1-6H,7H2,(H,18,19). The predicted molar refractivity (Wildman–Crippen MR) is 81.6 cm³/mol. The molecule has 2 heterocycles. The Bertz CT molecular complexity index is 920. The molecule has 0 saturated heterocycles. The van der Waals surface area contributed by atoms with E-state index < -0.39 is 0 Å². The number of hydrogen-bond donors (Lipinski definition) is 1. The van der Waals surface area contributed by atoms with Gasteiger partial charge in [-0.05, 0) is 24.3 Å². The van der Waals surface area contributed by atoms with E-state index in [2.05, 4.69) is 25.9 Å². The number of rotatable bonds is 1. The number of ether oxygens (including phenoxy) is 2. The van der Waals surface area contributed by atoms with Crippen molar-refractivity contribution >= 4 is 27.0 Å². The molecule has 0 fully saturated rings. The van der Waals surface area contributed by atoms with Gasteiger partial charge in [-0.2, -0.15) is 0 Å². The molecule has 0 unspecified atom stereocenters. The minimum Gasteiger partial charge on any atom is -0.454 e. The normalized spacial score (nSPS) is 12.8. The van der Waals surface area contributed by atoms with Crippen LogP contribution in [0.5, 0.6) is 11.5 Å². The second-order valence-corrected chi connectivity index (χ2v) is 5.53. The Morgan fingerprint density at radius 2 is 2.10 bits per heavy atom. The van der Waals surface area contributed by atoms with Gasteiger partial charge in [0.1, 0.15) is 11.2 Å². The summed E-state index contributed by atoms with van der Waals surface area (Å²) in [5, 5.41) is 0. The van der Waals surface area contributed by atoms with Crippen LogP contribution in [0.3, 0.4) is 0 Å². The zero-order valence-corrected chi connectivity index (χ0v) is 12.3. The number of halogens is 1. The van der Waals surface area contributed by atoms with Crippen molar-refractivity contribution in [3.8, 4) is 22.8 Å². The van der Waals surface area contributed by atoms with Gasteiger partial charge in [-0.25, -0.2) is 4.98 Å². The Morgan fingerprint density at radius 1 is 1.19 bits per heavy atom. The van der Waals surface area contributed by atoms with Crippen LogP contribution in [0.2, 0.25) is 0 Å². The molecule has 0 aliphatic carbocycles. The number of nitrogens with one attached hydrogen (secondary N) is 1. The molecule has 2 aromatic carbocycles. The first kappa shape index (κ1) is 12.4. The maximum atomic E-state index is 12.3. The van der Waals surface area contributed by atoms with Gasteiger partial charge < -0.3 is 14.5 Å². The van der Waals surface area contributed by atoms with Crippen LogP contribution in [-0.2, 0) is 0 Å². The largest absolute Gasteiger partial charge is 0.454 e. The van der Waals surface area contributed by atoms with E-state index >= 15 is 0 Å². The van der Waals surface area contributed by atoms with Gasteiger partial charge in [-0.3, -0.25) is 4.79 Å². The third kappa shape index (κ3) is 1.99. The van der Waals surface area contributed by atoms with Crippen LogP contribution in [0, 0.1) is 0 Å². The summed E-state index contributed by atoms with van der Waals surface area (Å²) in [7, 11) is 0. The zero-order valence-electron chi connectivity index (χ0n) is 10.7. The molecule has 0 atom stereocenters. The first-order chi connectivity index (χ1) is 10.2. The summed E-state index contributed by atoms with van der Waals surface area (Å²) in [6.45, 7) is 0.157. The highest BCUT2D eigenvalue weighted by atomic mass is 79.9. The molecule has 0 amide bonds. The average molecular weight is 345 g/mol. The summed E-state index contributed by atoms with van der Waals surface area (Å²) < 4.78 is 11.6. The highest BCUT2D eigenvalue weighted by molar-refractivity contribution is 9.10. The maximum absolute atomic E-state index is 12.3. The van der Waals surface area contributed by atoms with Crippen molar-refractivity contribution in [1.82, 2.24) is 9.97 Å². The van der Waals surface area contributed by atoms with E-state index in [0.717, 1.165) is 10.0 Å². The summed E-state index contributed by atoms with van der Waals surface area (Å²) in [6.07, 6.45) is 0. The molecule has 0 saturated carbocycles. The molecule has 0 radical (unpaired) electrons. The van der Waals surface area contributed by atoms with Crippen molar-refractivity contribution in [3.63, 3.8) is 0 Å². The Balaban J connectivity index is 1.99. The van der Waals surface area contributed by atoms with Gasteiger partial charge in [-0.15, -0.1) is 0 Å². The van der Waals surface area contributed by atoms with E-state index in [-0.39, 0.29) is 12.4 Å². The van der Waals surface area contributed by atoms with Gasteiger partial charge in [0, 0.05) is 10.0 Å². The van der Waals surface area contributed by atoms with Gasteiger partial charge in [-0.1, -0.05) is 28.1 Å². The number of benzene rings is 2. The number of fused-ring (bicyclic) bond motifs is 3. The highest BCUT2D eigenvalue weighted by Gasteiger charge is 2.19. The van der Waals surface area contributed by atoms with Gasteiger partial charge in [0.25, 0.3) is 5.56 Å². The van der Waals surface area contributed by atoms with E-state index in [9.17, 15) is 4.79 Å². The Morgan fingerprint density at radius 3 is 2.95 bits per heavy atom. The van der Waals surface area contributed by atoms with E-state index in [1.165, 1.54) is 0 Å². The lowest BCUT2D eigenvalue weighted by Gasteiger charge is -2.05. The SMILES string of the molecule is O=c1[nH]c2c3c(ccc2nc1-c1cccc(Br)c1)OCO3. The summed E-state index contributed by atoms with van der Waals surface area (Å²) >= 11 is 3.40. The molecule has 1 aliphatic rings. The molecule has 21 heavy (non-hydrogen) atoms. The number of aromatic amines is 1. The number of nitrogens with zero attached hydrogens (tertiary/aromatic N) is 1. The van der Waals surface area contributed by atoms with Crippen molar-refractivity contribution in [2.24, 2.45) is 0 Å². The second kappa shape index (κ2) is 4.60. The summed E-state index contributed by atoms with van der Waals surface area (Å²) in [4.78, 5) is 19.6. The van der Waals surface area contributed by atoms with Crippen LogP contribution in [0.25, 0.3) is 22.3 Å². The number of aromatic nitrogens is 2. The first-order valence-corrected chi connectivity index (χ1v) is 7.10. The Kier molecular flexibility index (Phi) is 2.71. The third-order valence-electron chi connectivity index (χ3n) is 3.30. The lowest BCUT2D eigenvalue weighted by atomic mass is 10.1. The molecule has 5 nitrogen and oxygen atoms in total. The molecule has 3 aromatic rings. The van der Waals surface area contributed by atoms with Crippen molar-refractivity contribution < 1.29 is 9.47 Å². The lowest BCUT2D eigenvalue weighted by molar-refractivity contribution is 0.174. The molecule has 6 heteroatoms. The van der Waals surface area contributed by atoms with Crippen LogP contribution >= 0.6 is 15.9 Å². The van der Waals surface area contributed by atoms with Crippen molar-refractivity contribution in [2.75, 3.05) is 6.79 Å². The molecule has 1 aliphatic heterocycles. The molecular weight excluding hydrogens is 336 g/mol. The van der Waals surface area contributed by atoms with Crippen molar-refractivity contribution in [1.29, 1.82) is 0 Å². The molecule has 0 bridgehead atoms. The second-order valence-electron chi connectivity index (χ2n) is 4.62. The van der Waals surface area contributed by atoms with Gasteiger partial charge in [0.15, 0.2) is 11.5 Å². The van der Waals surface area contributed by atoms with Crippen LogP contribution in [-0.4, -0.2) is 16.8 Å². The summed E-state index contributed by atoms with van der Waals surface area (Å²) in [6, 6.07) is 11.1. The minimum absolute atomic E-state index is 0.157. The van der Waals surface area contributed by atoms with Gasteiger partial charge in [0.05, 0.1) is 5.52 Å². The quantitative estimate of drug-likeness (QED) is 0.736. The monoisotopic (exact) mass is 344 g/mol. The fraction of sp³-hybridized carbons (Fsp3) is 0.0667. The lowest BCUT2D eigenvalue weighted by Crippen LogP contribution is -2.11. The zero-order chi connectivity index (χ0) is 14.4. The third-order valence-corrected chi connectivity index (χ3v) is 3.79. The van der Waals surface area contributed by atoms with E-state index in [0.29, 0.717) is 28.2 Å². The van der Waals surface area contributed by atoms with Crippen LogP contribution in [0.1, 0.15) is 0 Å². The topological polar surface area (TPSA) is 64.2 Å². The molecule has 104 valence electrons. The molecule has 4 rings (SSSR count). The fourth-order valence-electron chi connectivity index (χ4n) is 2.35. The summed E-state index contributed by atoms with van der Waals surface area (Å²) in [5.41, 5.74) is 2.10. The van der Waals surface area contributed by atoms with Crippen molar-refractivity contribution in [3.05, 3.63) is 51.2 Å². The van der Waals surface area contributed by atoms with Gasteiger partial charge in [0.2, 0.25) is 6.79 Å². The number of hydrogen-bond acceptors (Lipinski definition) is 4. The van der Waals surface area contributed by atoms with E-state index in [1.807, 2.05) is 24.3 Å². The van der Waals surface area contributed by atoms with Crippen molar-refractivity contribution in [2.45, 2.75) is 0 Å². The Hall–Kier alpha value is -2.34. The molecular formula is C15H9BrN2O3.